The van der Waals surface area contributed by atoms with Crippen molar-refractivity contribution in [3.8, 4) is 10.6 Å². The van der Waals surface area contributed by atoms with E-state index in [2.05, 4.69) is 41.1 Å². The van der Waals surface area contributed by atoms with E-state index in [4.69, 9.17) is 0 Å². The molecule has 25 heavy (non-hydrogen) atoms. The second kappa shape index (κ2) is 7.66. The summed E-state index contributed by atoms with van der Waals surface area (Å²) in [7, 11) is 1.87. The molecule has 1 fully saturated rings. The lowest BCUT2D eigenvalue weighted by Crippen LogP contribution is -2.47. The van der Waals surface area contributed by atoms with Crippen molar-refractivity contribution < 1.29 is 4.79 Å². The topological polar surface area (TPSA) is 63.1 Å². The Bertz CT molecular complexity index is 715. The molecule has 6 nitrogen and oxygen atoms in total. The maximum Gasteiger partial charge on any atom is 0.271 e. The molecular formula is C18H27N5OS. The largest absolute Gasteiger partial charge is 0.347 e. The molecule has 3 heterocycles. The fraction of sp³-hybridized carbons (Fsp3) is 0.611. The molecule has 0 spiro atoms. The normalized spacial score (nSPS) is 22.7. The van der Waals surface area contributed by atoms with Gasteiger partial charge < -0.3 is 10.2 Å². The highest BCUT2D eigenvalue weighted by atomic mass is 32.1. The van der Waals surface area contributed by atoms with Crippen molar-refractivity contribution in [3.63, 3.8) is 0 Å². The van der Waals surface area contributed by atoms with Crippen LogP contribution in [-0.2, 0) is 7.05 Å². The van der Waals surface area contributed by atoms with Crippen LogP contribution in [0.5, 0.6) is 0 Å². The third-order valence-corrected chi connectivity index (χ3v) is 5.43. The van der Waals surface area contributed by atoms with Crippen molar-refractivity contribution in [2.45, 2.75) is 33.2 Å². The van der Waals surface area contributed by atoms with Crippen LogP contribution >= 0.6 is 11.3 Å². The first-order valence-electron chi connectivity index (χ1n) is 8.88. The Morgan fingerprint density at radius 3 is 2.76 bits per heavy atom. The van der Waals surface area contributed by atoms with Gasteiger partial charge in [0.1, 0.15) is 10.7 Å². The van der Waals surface area contributed by atoms with Crippen LogP contribution in [0.15, 0.2) is 17.8 Å². The lowest BCUT2D eigenvalue weighted by molar-refractivity contribution is 0.0901. The summed E-state index contributed by atoms with van der Waals surface area (Å²) in [5, 5.41) is 9.87. The molecule has 1 aliphatic heterocycles. The molecule has 0 bridgehead atoms. The first-order chi connectivity index (χ1) is 11.9. The van der Waals surface area contributed by atoms with Crippen molar-refractivity contribution in [2.75, 3.05) is 19.6 Å². The highest BCUT2D eigenvalue weighted by Crippen LogP contribution is 2.23. The molecule has 1 amide bonds. The first-order valence-corrected chi connectivity index (χ1v) is 9.76. The number of likely N-dealkylation sites (tertiary alicyclic amines) is 1. The molecule has 0 aliphatic carbocycles. The predicted octanol–water partition coefficient (Wildman–Crippen LogP) is 2.64. The first kappa shape index (κ1) is 18.1. The Morgan fingerprint density at radius 1 is 1.40 bits per heavy atom. The molecule has 136 valence electrons. The quantitative estimate of drug-likeness (QED) is 0.889. The summed E-state index contributed by atoms with van der Waals surface area (Å²) in [6, 6.07) is 0.105. The van der Waals surface area contributed by atoms with Gasteiger partial charge in [0.15, 0.2) is 0 Å². The van der Waals surface area contributed by atoms with Crippen molar-refractivity contribution >= 4 is 17.2 Å². The summed E-state index contributed by atoms with van der Waals surface area (Å²) in [5.41, 5.74) is 1.42. The second-order valence-electron chi connectivity index (χ2n) is 7.48. The number of amides is 1. The van der Waals surface area contributed by atoms with Gasteiger partial charge in [0.2, 0.25) is 0 Å². The lowest BCUT2D eigenvalue weighted by Gasteiger charge is -2.36. The second-order valence-corrected chi connectivity index (χ2v) is 8.34. The Balaban J connectivity index is 1.56. The smallest absolute Gasteiger partial charge is 0.271 e. The van der Waals surface area contributed by atoms with Gasteiger partial charge in [-0.15, -0.1) is 11.3 Å². The van der Waals surface area contributed by atoms with E-state index in [-0.39, 0.29) is 11.9 Å². The molecule has 2 aromatic heterocycles. The molecule has 3 atom stereocenters. The highest BCUT2D eigenvalue weighted by Gasteiger charge is 2.23. The molecule has 2 aromatic rings. The molecule has 3 rings (SSSR count). The average molecular weight is 362 g/mol. The summed E-state index contributed by atoms with van der Waals surface area (Å²) in [5.74, 6) is 1.36. The van der Waals surface area contributed by atoms with Gasteiger partial charge in [-0.05, 0) is 25.2 Å². The third-order valence-electron chi connectivity index (χ3n) is 4.54. The van der Waals surface area contributed by atoms with Crippen molar-refractivity contribution in [1.82, 2.24) is 25.0 Å². The Morgan fingerprint density at radius 2 is 2.12 bits per heavy atom. The van der Waals surface area contributed by atoms with Gasteiger partial charge in [-0.3, -0.25) is 9.48 Å². The van der Waals surface area contributed by atoms with E-state index < -0.39 is 0 Å². The maximum absolute atomic E-state index is 12.5. The standard InChI is InChI=1S/C18H27N5OS/c1-12-5-13(2)8-23(7-12)9-14(3)20-17(24)16-11-25-18(21-16)15-6-19-22(4)10-15/h6,10-14H,5,7-9H2,1-4H3,(H,20,24). The number of thiazole rings is 1. The predicted molar refractivity (Wildman–Crippen MR) is 101 cm³/mol. The van der Waals surface area contributed by atoms with E-state index >= 15 is 0 Å². The number of aromatic nitrogens is 3. The monoisotopic (exact) mass is 361 g/mol. The molecule has 0 saturated carbocycles. The van der Waals surface area contributed by atoms with Crippen LogP contribution in [0.4, 0.5) is 0 Å². The average Bonchev–Trinajstić information content (AvgIpc) is 3.14. The molecule has 1 aliphatic rings. The van der Waals surface area contributed by atoms with Gasteiger partial charge >= 0.3 is 0 Å². The van der Waals surface area contributed by atoms with Gasteiger partial charge in [-0.2, -0.15) is 5.10 Å². The van der Waals surface area contributed by atoms with E-state index in [1.54, 1.807) is 10.9 Å². The van der Waals surface area contributed by atoms with Crippen LogP contribution in [-0.4, -0.2) is 51.2 Å². The van der Waals surface area contributed by atoms with Gasteiger partial charge in [0, 0.05) is 49.9 Å². The summed E-state index contributed by atoms with van der Waals surface area (Å²) in [6.45, 7) is 9.80. The molecule has 0 aromatic carbocycles. The van der Waals surface area contributed by atoms with Crippen LogP contribution < -0.4 is 5.32 Å². The number of carbonyl (C=O) groups excluding carboxylic acids is 1. The number of carbonyl (C=O) groups is 1. The molecular weight excluding hydrogens is 334 g/mol. The molecule has 0 radical (unpaired) electrons. The van der Waals surface area contributed by atoms with Crippen molar-refractivity contribution in [3.05, 3.63) is 23.5 Å². The number of rotatable bonds is 5. The summed E-state index contributed by atoms with van der Waals surface area (Å²) in [4.78, 5) is 19.4. The Kier molecular flexibility index (Phi) is 5.54. The Labute approximate surface area is 153 Å². The lowest BCUT2D eigenvalue weighted by atomic mass is 9.92. The van der Waals surface area contributed by atoms with Crippen LogP contribution in [0.25, 0.3) is 10.6 Å². The van der Waals surface area contributed by atoms with Crippen LogP contribution in [0.1, 0.15) is 37.7 Å². The van der Waals surface area contributed by atoms with Gasteiger partial charge in [0.25, 0.3) is 5.91 Å². The molecule has 1 saturated heterocycles. The maximum atomic E-state index is 12.5. The number of aryl methyl sites for hydroxylation is 1. The zero-order chi connectivity index (χ0) is 18.0. The number of nitrogens with zero attached hydrogens (tertiary/aromatic N) is 4. The fourth-order valence-corrected chi connectivity index (χ4v) is 4.49. The van der Waals surface area contributed by atoms with Crippen molar-refractivity contribution in [1.29, 1.82) is 0 Å². The summed E-state index contributed by atoms with van der Waals surface area (Å²) in [6.07, 6.45) is 4.97. The number of nitrogens with one attached hydrogen (secondary N) is 1. The molecule has 3 unspecified atom stereocenters. The number of hydrogen-bond donors (Lipinski definition) is 1. The Hall–Kier alpha value is -1.73. The van der Waals surface area contributed by atoms with E-state index in [0.717, 1.165) is 42.0 Å². The van der Waals surface area contributed by atoms with E-state index in [1.807, 2.05) is 18.6 Å². The van der Waals surface area contributed by atoms with Crippen LogP contribution in [0.2, 0.25) is 0 Å². The van der Waals surface area contributed by atoms with E-state index in [9.17, 15) is 4.79 Å². The highest BCUT2D eigenvalue weighted by molar-refractivity contribution is 7.13. The zero-order valence-electron chi connectivity index (χ0n) is 15.4. The van der Waals surface area contributed by atoms with E-state index in [1.165, 1.54) is 17.8 Å². The van der Waals surface area contributed by atoms with Crippen LogP contribution in [0, 0.1) is 11.8 Å². The number of piperidine rings is 1. The van der Waals surface area contributed by atoms with Gasteiger partial charge in [-0.1, -0.05) is 13.8 Å². The molecule has 7 heteroatoms. The summed E-state index contributed by atoms with van der Waals surface area (Å²) >= 11 is 1.47. The van der Waals surface area contributed by atoms with Crippen molar-refractivity contribution in [2.24, 2.45) is 18.9 Å². The minimum atomic E-state index is -0.100. The third kappa shape index (κ3) is 4.67. The minimum Gasteiger partial charge on any atom is -0.347 e. The summed E-state index contributed by atoms with van der Waals surface area (Å²) < 4.78 is 1.74. The van der Waals surface area contributed by atoms with Gasteiger partial charge in [-0.25, -0.2) is 4.98 Å². The number of hydrogen-bond acceptors (Lipinski definition) is 5. The van der Waals surface area contributed by atoms with Crippen LogP contribution in [0.3, 0.4) is 0 Å². The zero-order valence-corrected chi connectivity index (χ0v) is 16.2. The molecule has 1 N–H and O–H groups in total. The van der Waals surface area contributed by atoms with Gasteiger partial charge in [0.05, 0.1) is 6.20 Å². The SMILES string of the molecule is CC1CC(C)CN(CC(C)NC(=O)c2csc(-c3cnn(C)c3)n2)C1. The van der Waals surface area contributed by atoms with E-state index in [0.29, 0.717) is 5.69 Å². The minimum absolute atomic E-state index is 0.100. The fourth-order valence-electron chi connectivity index (χ4n) is 3.71.